The number of carbonyl (C=O) groups is 1. The molecule has 1 aliphatic heterocycles. The summed E-state index contributed by atoms with van der Waals surface area (Å²) in [6.45, 7) is 4.02. The molecule has 2 amide bonds. The fourth-order valence-corrected chi connectivity index (χ4v) is 4.94. The zero-order chi connectivity index (χ0) is 26.2. The highest BCUT2D eigenvalue weighted by Gasteiger charge is 2.35. The topological polar surface area (TPSA) is 51.2 Å². The molecule has 37 heavy (non-hydrogen) atoms. The number of hydrogen-bond donors (Lipinski definition) is 0. The average molecular weight is 523 g/mol. The quantitative estimate of drug-likeness (QED) is 0.247. The Hall–Kier alpha value is -3.38. The van der Waals surface area contributed by atoms with Crippen LogP contribution in [0.25, 0.3) is 0 Å². The van der Waals surface area contributed by atoms with Crippen molar-refractivity contribution < 1.29 is 19.0 Å². The van der Waals surface area contributed by atoms with Crippen LogP contribution < -0.4 is 19.1 Å². The zero-order valence-electron chi connectivity index (χ0n) is 21.8. The number of unbranched alkanes of at least 4 members (excludes halogenated alkanes) is 2. The molecule has 7 heteroatoms. The summed E-state index contributed by atoms with van der Waals surface area (Å²) in [6, 6.07) is 20.9. The second-order valence-corrected chi connectivity index (χ2v) is 9.51. The Balaban J connectivity index is 1.68. The van der Waals surface area contributed by atoms with Gasteiger partial charge in [0.2, 0.25) is 0 Å². The SMILES string of the molecule is CCCCCOc1cc(N2CCCN(C(c3ccccc3)c3ccc(Cl)cc3OC)C2=O)ccc1OC. The molecule has 1 saturated heterocycles. The van der Waals surface area contributed by atoms with E-state index in [4.69, 9.17) is 25.8 Å². The van der Waals surface area contributed by atoms with Crippen LogP contribution in [0.15, 0.2) is 66.7 Å². The summed E-state index contributed by atoms with van der Waals surface area (Å²) < 4.78 is 17.3. The minimum Gasteiger partial charge on any atom is -0.496 e. The number of urea groups is 1. The summed E-state index contributed by atoms with van der Waals surface area (Å²) >= 11 is 6.27. The third-order valence-electron chi connectivity index (χ3n) is 6.64. The summed E-state index contributed by atoms with van der Waals surface area (Å²) in [5, 5.41) is 0.587. The average Bonchev–Trinajstić information content (AvgIpc) is 2.93. The molecule has 0 spiro atoms. The number of rotatable bonds is 11. The van der Waals surface area contributed by atoms with Crippen LogP contribution in [0, 0.1) is 0 Å². The maximum atomic E-state index is 14.1. The van der Waals surface area contributed by atoms with Gasteiger partial charge in [-0.3, -0.25) is 4.90 Å². The molecule has 0 bridgehead atoms. The van der Waals surface area contributed by atoms with E-state index in [2.05, 4.69) is 6.92 Å². The van der Waals surface area contributed by atoms with Crippen molar-refractivity contribution in [2.24, 2.45) is 0 Å². The van der Waals surface area contributed by atoms with E-state index in [0.29, 0.717) is 42.0 Å². The zero-order valence-corrected chi connectivity index (χ0v) is 22.5. The van der Waals surface area contributed by atoms with E-state index in [0.717, 1.165) is 42.5 Å². The minimum absolute atomic E-state index is 0.0702. The molecule has 0 aromatic heterocycles. The van der Waals surface area contributed by atoms with Gasteiger partial charge in [0, 0.05) is 35.4 Å². The van der Waals surface area contributed by atoms with Gasteiger partial charge in [-0.05, 0) is 42.7 Å². The van der Waals surface area contributed by atoms with E-state index in [-0.39, 0.29) is 12.1 Å². The predicted octanol–water partition coefficient (Wildman–Crippen LogP) is 7.35. The number of benzene rings is 3. The number of carbonyl (C=O) groups excluding carboxylic acids is 1. The van der Waals surface area contributed by atoms with Crippen LogP contribution in [0.4, 0.5) is 10.5 Å². The molecule has 3 aromatic carbocycles. The summed E-state index contributed by atoms with van der Waals surface area (Å²) in [5.41, 5.74) is 2.69. The van der Waals surface area contributed by atoms with Crippen LogP contribution in [-0.4, -0.2) is 44.8 Å². The van der Waals surface area contributed by atoms with E-state index >= 15 is 0 Å². The maximum absolute atomic E-state index is 14.1. The first-order valence-electron chi connectivity index (χ1n) is 12.8. The van der Waals surface area contributed by atoms with E-state index in [1.807, 2.05) is 70.5 Å². The third-order valence-corrected chi connectivity index (χ3v) is 6.87. The molecule has 3 aromatic rings. The number of ether oxygens (including phenoxy) is 3. The largest absolute Gasteiger partial charge is 0.496 e. The molecule has 0 saturated carbocycles. The number of anilines is 1. The van der Waals surface area contributed by atoms with E-state index in [1.165, 1.54) is 0 Å². The van der Waals surface area contributed by atoms with Crippen molar-refractivity contribution >= 4 is 23.3 Å². The monoisotopic (exact) mass is 522 g/mol. The number of methoxy groups -OCH3 is 2. The highest BCUT2D eigenvalue weighted by Crippen LogP contribution is 2.39. The Morgan fingerprint density at radius 1 is 0.892 bits per heavy atom. The van der Waals surface area contributed by atoms with Gasteiger partial charge in [0.05, 0.1) is 26.9 Å². The fraction of sp³-hybridized carbons (Fsp3) is 0.367. The van der Waals surface area contributed by atoms with Crippen molar-refractivity contribution in [2.75, 3.05) is 38.8 Å². The molecule has 6 nitrogen and oxygen atoms in total. The molecule has 0 radical (unpaired) electrons. The summed E-state index contributed by atoms with van der Waals surface area (Å²) in [6.07, 6.45) is 4.03. The third kappa shape index (κ3) is 6.13. The molecule has 1 atom stereocenters. The lowest BCUT2D eigenvalue weighted by Crippen LogP contribution is -2.51. The van der Waals surface area contributed by atoms with Gasteiger partial charge in [-0.15, -0.1) is 0 Å². The first kappa shape index (κ1) is 26.7. The number of nitrogens with zero attached hydrogens (tertiary/aromatic N) is 2. The number of halogens is 1. The standard InChI is InChI=1S/C30H35ClN2O4/c1-4-5-9-19-37-28-21-24(14-16-26(28)35-2)32-17-10-18-33(30(32)34)29(22-11-7-6-8-12-22)25-15-13-23(31)20-27(25)36-3/h6-8,11-16,20-21,29H,4-5,9-10,17-19H2,1-3H3. The van der Waals surface area contributed by atoms with E-state index in [9.17, 15) is 4.79 Å². The molecule has 196 valence electrons. The van der Waals surface area contributed by atoms with Gasteiger partial charge in [0.15, 0.2) is 11.5 Å². The molecule has 4 rings (SSSR count). The van der Waals surface area contributed by atoms with Crippen molar-refractivity contribution in [2.45, 2.75) is 38.6 Å². The van der Waals surface area contributed by atoms with Crippen LogP contribution in [0.1, 0.15) is 49.8 Å². The Morgan fingerprint density at radius 3 is 2.41 bits per heavy atom. The highest BCUT2D eigenvalue weighted by molar-refractivity contribution is 6.30. The van der Waals surface area contributed by atoms with Crippen molar-refractivity contribution in [3.63, 3.8) is 0 Å². The molecule has 1 aliphatic rings. The molecule has 1 heterocycles. The highest BCUT2D eigenvalue weighted by atomic mass is 35.5. The van der Waals surface area contributed by atoms with Crippen LogP contribution in [-0.2, 0) is 0 Å². The molecular weight excluding hydrogens is 488 g/mol. The second-order valence-electron chi connectivity index (χ2n) is 9.07. The molecule has 1 unspecified atom stereocenters. The van der Waals surface area contributed by atoms with Crippen LogP contribution in [0.2, 0.25) is 5.02 Å². The van der Waals surface area contributed by atoms with Gasteiger partial charge >= 0.3 is 6.03 Å². The molecule has 0 N–H and O–H groups in total. The van der Waals surface area contributed by atoms with Crippen molar-refractivity contribution in [3.8, 4) is 17.2 Å². The van der Waals surface area contributed by atoms with Gasteiger partial charge < -0.3 is 19.1 Å². The van der Waals surface area contributed by atoms with Gasteiger partial charge in [0.25, 0.3) is 0 Å². The van der Waals surface area contributed by atoms with Crippen molar-refractivity contribution in [1.82, 2.24) is 4.90 Å². The van der Waals surface area contributed by atoms with Crippen molar-refractivity contribution in [3.05, 3.63) is 82.9 Å². The lowest BCUT2D eigenvalue weighted by atomic mass is 9.95. The normalized spacial score (nSPS) is 14.4. The van der Waals surface area contributed by atoms with E-state index < -0.39 is 0 Å². The Kier molecular flexibility index (Phi) is 9.18. The molecule has 0 aliphatic carbocycles. The predicted molar refractivity (Wildman–Crippen MR) is 148 cm³/mol. The first-order valence-corrected chi connectivity index (χ1v) is 13.2. The van der Waals surface area contributed by atoms with Gasteiger partial charge in [0.1, 0.15) is 5.75 Å². The Bertz CT molecular complexity index is 1190. The Morgan fingerprint density at radius 2 is 1.68 bits per heavy atom. The lowest BCUT2D eigenvalue weighted by molar-refractivity contribution is 0.179. The summed E-state index contributed by atoms with van der Waals surface area (Å²) in [7, 11) is 3.26. The minimum atomic E-state index is -0.327. The second kappa shape index (κ2) is 12.7. The number of amides is 2. The van der Waals surface area contributed by atoms with Crippen LogP contribution >= 0.6 is 11.6 Å². The lowest BCUT2D eigenvalue weighted by Gasteiger charge is -2.41. The maximum Gasteiger partial charge on any atom is 0.325 e. The van der Waals surface area contributed by atoms with E-state index in [1.54, 1.807) is 20.3 Å². The Labute approximate surface area is 224 Å². The summed E-state index contributed by atoms with van der Waals surface area (Å²) in [4.78, 5) is 17.8. The fourth-order valence-electron chi connectivity index (χ4n) is 4.78. The summed E-state index contributed by atoms with van der Waals surface area (Å²) in [5.74, 6) is 1.97. The molecule has 1 fully saturated rings. The molecular formula is C30H35ClN2O4. The van der Waals surface area contributed by atoms with Gasteiger partial charge in [-0.2, -0.15) is 0 Å². The van der Waals surface area contributed by atoms with Crippen molar-refractivity contribution in [1.29, 1.82) is 0 Å². The van der Waals surface area contributed by atoms with Crippen LogP contribution in [0.5, 0.6) is 17.2 Å². The van der Waals surface area contributed by atoms with Gasteiger partial charge in [-0.1, -0.05) is 67.8 Å². The smallest absolute Gasteiger partial charge is 0.325 e. The van der Waals surface area contributed by atoms with Crippen LogP contribution in [0.3, 0.4) is 0 Å². The van der Waals surface area contributed by atoms with Gasteiger partial charge in [-0.25, -0.2) is 4.79 Å². The number of hydrogen-bond acceptors (Lipinski definition) is 4. The first-order chi connectivity index (χ1) is 18.1.